The number of nitrogens with zero attached hydrogens (tertiary/aromatic N) is 3. The number of hydrogen-bond acceptors (Lipinski definition) is 3. The van der Waals surface area contributed by atoms with Gasteiger partial charge in [-0.25, -0.2) is 9.48 Å². The van der Waals surface area contributed by atoms with Gasteiger partial charge in [-0.05, 0) is 17.7 Å². The minimum atomic E-state index is -0.983. The second kappa shape index (κ2) is 5.36. The Bertz CT molecular complexity index is 781. The highest BCUT2D eigenvalue weighted by Gasteiger charge is 2.15. The molecule has 0 amide bonds. The highest BCUT2D eigenvalue weighted by atomic mass is 16.4. The van der Waals surface area contributed by atoms with Crippen LogP contribution in [-0.4, -0.2) is 26.1 Å². The fourth-order valence-electron chi connectivity index (χ4n) is 2.45. The Morgan fingerprint density at radius 2 is 1.95 bits per heavy atom. The fourth-order valence-corrected chi connectivity index (χ4v) is 2.45. The van der Waals surface area contributed by atoms with Crippen LogP contribution in [0, 0.1) is 0 Å². The average molecular weight is 281 g/mol. The number of fused-ring (bicyclic) bond motifs is 1. The first-order valence-electron chi connectivity index (χ1n) is 6.77. The van der Waals surface area contributed by atoms with Crippen molar-refractivity contribution < 1.29 is 9.90 Å². The molecule has 0 aliphatic heterocycles. The van der Waals surface area contributed by atoms with Gasteiger partial charge in [-0.15, -0.1) is 5.10 Å². The van der Waals surface area contributed by atoms with E-state index in [4.69, 9.17) is 0 Å². The van der Waals surface area contributed by atoms with Gasteiger partial charge < -0.3 is 5.11 Å². The van der Waals surface area contributed by atoms with Crippen LogP contribution in [0.5, 0.6) is 0 Å². The maximum atomic E-state index is 11.2. The van der Waals surface area contributed by atoms with Crippen molar-refractivity contribution in [1.29, 1.82) is 0 Å². The van der Waals surface area contributed by atoms with Crippen molar-refractivity contribution in [2.75, 3.05) is 0 Å². The van der Waals surface area contributed by atoms with Crippen molar-refractivity contribution in [1.82, 2.24) is 15.0 Å². The molecule has 5 nitrogen and oxygen atoms in total. The number of carboxylic acid groups (broad SMARTS) is 1. The first-order valence-corrected chi connectivity index (χ1v) is 6.77. The number of carboxylic acids is 1. The molecule has 1 heterocycles. The van der Waals surface area contributed by atoms with Crippen molar-refractivity contribution in [2.45, 2.75) is 19.4 Å². The Hall–Kier alpha value is -2.69. The summed E-state index contributed by atoms with van der Waals surface area (Å²) in [7, 11) is 0. The van der Waals surface area contributed by atoms with E-state index in [0.29, 0.717) is 12.1 Å². The molecule has 0 saturated heterocycles. The standard InChI is InChI=1S/C16H15N3O2/c1-11(12-6-3-2-4-7-12)10-19-14-9-5-8-13(16(20)21)15(14)17-18-19/h2-9,11H,10H2,1H3,(H,20,21). The monoisotopic (exact) mass is 281 g/mol. The Kier molecular flexibility index (Phi) is 3.39. The van der Waals surface area contributed by atoms with Crippen LogP contribution in [0.4, 0.5) is 0 Å². The van der Waals surface area contributed by atoms with Crippen LogP contribution >= 0.6 is 0 Å². The lowest BCUT2D eigenvalue weighted by atomic mass is 10.0. The molecule has 0 bridgehead atoms. The van der Waals surface area contributed by atoms with Gasteiger partial charge in [-0.2, -0.15) is 0 Å². The number of aromatic nitrogens is 3. The Morgan fingerprint density at radius 1 is 1.19 bits per heavy atom. The van der Waals surface area contributed by atoms with Crippen LogP contribution in [0.3, 0.4) is 0 Å². The molecular weight excluding hydrogens is 266 g/mol. The second-order valence-corrected chi connectivity index (χ2v) is 5.06. The smallest absolute Gasteiger partial charge is 0.338 e. The van der Waals surface area contributed by atoms with Crippen LogP contribution < -0.4 is 0 Å². The van der Waals surface area contributed by atoms with E-state index >= 15 is 0 Å². The number of rotatable bonds is 4. The summed E-state index contributed by atoms with van der Waals surface area (Å²) >= 11 is 0. The molecule has 1 aromatic heterocycles. The lowest BCUT2D eigenvalue weighted by Crippen LogP contribution is -2.08. The molecule has 0 saturated carbocycles. The van der Waals surface area contributed by atoms with Crippen molar-refractivity contribution >= 4 is 17.0 Å². The van der Waals surface area contributed by atoms with E-state index in [0.717, 1.165) is 5.52 Å². The SMILES string of the molecule is CC(Cn1nnc2c(C(=O)O)cccc21)c1ccccc1. The van der Waals surface area contributed by atoms with Crippen LogP contribution in [0.15, 0.2) is 48.5 Å². The molecule has 0 fully saturated rings. The van der Waals surface area contributed by atoms with Gasteiger partial charge in [-0.1, -0.05) is 48.5 Å². The van der Waals surface area contributed by atoms with Gasteiger partial charge in [0.1, 0.15) is 5.52 Å². The van der Waals surface area contributed by atoms with Gasteiger partial charge in [0.2, 0.25) is 0 Å². The molecule has 1 N–H and O–H groups in total. The predicted molar refractivity (Wildman–Crippen MR) is 79.3 cm³/mol. The van der Waals surface area contributed by atoms with E-state index in [-0.39, 0.29) is 11.5 Å². The van der Waals surface area contributed by atoms with Crippen LogP contribution in [0.2, 0.25) is 0 Å². The van der Waals surface area contributed by atoms with Gasteiger partial charge >= 0.3 is 5.97 Å². The maximum Gasteiger partial charge on any atom is 0.338 e. The van der Waals surface area contributed by atoms with Gasteiger partial charge in [0.05, 0.1) is 11.1 Å². The van der Waals surface area contributed by atoms with Crippen molar-refractivity contribution in [2.24, 2.45) is 0 Å². The quantitative estimate of drug-likeness (QED) is 0.798. The molecule has 0 radical (unpaired) electrons. The zero-order valence-electron chi connectivity index (χ0n) is 11.6. The van der Waals surface area contributed by atoms with E-state index in [9.17, 15) is 9.90 Å². The van der Waals surface area contributed by atoms with Crippen molar-refractivity contribution in [3.8, 4) is 0 Å². The summed E-state index contributed by atoms with van der Waals surface area (Å²) in [6.45, 7) is 2.77. The minimum absolute atomic E-state index is 0.186. The number of benzene rings is 2. The van der Waals surface area contributed by atoms with E-state index in [1.54, 1.807) is 16.8 Å². The van der Waals surface area contributed by atoms with Crippen LogP contribution in [0.1, 0.15) is 28.8 Å². The molecule has 106 valence electrons. The molecule has 21 heavy (non-hydrogen) atoms. The zero-order valence-corrected chi connectivity index (χ0v) is 11.6. The first-order chi connectivity index (χ1) is 10.2. The molecular formula is C16H15N3O2. The molecule has 0 aliphatic carbocycles. The second-order valence-electron chi connectivity index (χ2n) is 5.06. The largest absolute Gasteiger partial charge is 0.478 e. The number of carbonyl (C=O) groups is 1. The predicted octanol–water partition coefficient (Wildman–Crippen LogP) is 2.93. The summed E-state index contributed by atoms with van der Waals surface area (Å²) in [6, 6.07) is 15.3. The maximum absolute atomic E-state index is 11.2. The lowest BCUT2D eigenvalue weighted by molar-refractivity contribution is 0.0699. The van der Waals surface area contributed by atoms with E-state index in [1.165, 1.54) is 5.56 Å². The highest BCUT2D eigenvalue weighted by molar-refractivity contribution is 6.00. The Labute approximate surface area is 121 Å². The van der Waals surface area contributed by atoms with Gasteiger partial charge in [-0.3, -0.25) is 0 Å². The third kappa shape index (κ3) is 2.50. The average Bonchev–Trinajstić information content (AvgIpc) is 2.91. The third-order valence-electron chi connectivity index (χ3n) is 3.59. The van der Waals surface area contributed by atoms with Gasteiger partial charge in [0.25, 0.3) is 0 Å². The molecule has 1 atom stereocenters. The van der Waals surface area contributed by atoms with Gasteiger partial charge in [0.15, 0.2) is 0 Å². The molecule has 3 aromatic rings. The number of hydrogen-bond donors (Lipinski definition) is 1. The molecule has 0 spiro atoms. The van der Waals surface area contributed by atoms with Crippen LogP contribution in [0.25, 0.3) is 11.0 Å². The summed E-state index contributed by atoms with van der Waals surface area (Å²) in [5.41, 5.74) is 2.59. The molecule has 0 aliphatic rings. The van der Waals surface area contributed by atoms with E-state index < -0.39 is 5.97 Å². The Balaban J connectivity index is 1.95. The zero-order chi connectivity index (χ0) is 14.8. The van der Waals surface area contributed by atoms with Crippen molar-refractivity contribution in [3.63, 3.8) is 0 Å². The number of aromatic carboxylic acids is 1. The Morgan fingerprint density at radius 3 is 2.67 bits per heavy atom. The molecule has 3 rings (SSSR count). The molecule has 5 heteroatoms. The molecule has 2 aromatic carbocycles. The third-order valence-corrected chi connectivity index (χ3v) is 3.59. The van der Waals surface area contributed by atoms with E-state index in [1.807, 2.05) is 24.3 Å². The van der Waals surface area contributed by atoms with Crippen molar-refractivity contribution in [3.05, 3.63) is 59.7 Å². The van der Waals surface area contributed by atoms with E-state index in [2.05, 4.69) is 29.4 Å². The summed E-state index contributed by atoms with van der Waals surface area (Å²) in [4.78, 5) is 11.2. The topological polar surface area (TPSA) is 68.0 Å². The summed E-state index contributed by atoms with van der Waals surface area (Å²) in [6.07, 6.45) is 0. The lowest BCUT2D eigenvalue weighted by Gasteiger charge is -2.12. The van der Waals surface area contributed by atoms with Crippen LogP contribution in [-0.2, 0) is 6.54 Å². The highest BCUT2D eigenvalue weighted by Crippen LogP contribution is 2.21. The summed E-state index contributed by atoms with van der Waals surface area (Å²) < 4.78 is 1.76. The summed E-state index contributed by atoms with van der Waals surface area (Å²) in [5, 5.41) is 17.3. The fraction of sp³-hybridized carbons (Fsp3) is 0.188. The van der Waals surface area contributed by atoms with Gasteiger partial charge in [0, 0.05) is 12.5 Å². The minimum Gasteiger partial charge on any atom is -0.478 e. The normalized spacial score (nSPS) is 12.4. The summed E-state index contributed by atoms with van der Waals surface area (Å²) in [5.74, 6) is -0.714. The first kappa shape index (κ1) is 13.3. The molecule has 1 unspecified atom stereocenters.